The molecule has 0 unspecified atom stereocenters. The number of aliphatic hydroxyl groups is 1. The normalized spacial score (nSPS) is 25.9. The van der Waals surface area contributed by atoms with Crippen LogP contribution in [-0.2, 0) is 10.3 Å². The highest BCUT2D eigenvalue weighted by molar-refractivity contribution is 5.23. The van der Waals surface area contributed by atoms with Crippen molar-refractivity contribution in [2.75, 3.05) is 45.9 Å². The Morgan fingerprint density at radius 3 is 2.38 bits per heavy atom. The van der Waals surface area contributed by atoms with E-state index in [1.54, 1.807) is 0 Å². The van der Waals surface area contributed by atoms with E-state index < -0.39 is 5.60 Å². The van der Waals surface area contributed by atoms with Crippen molar-refractivity contribution >= 4 is 0 Å². The molecular weight excluding hydrogens is 300 g/mol. The van der Waals surface area contributed by atoms with E-state index in [9.17, 15) is 5.11 Å². The third kappa shape index (κ3) is 4.17. The zero-order chi connectivity index (χ0) is 17.0. The van der Waals surface area contributed by atoms with Gasteiger partial charge in [0.25, 0.3) is 0 Å². The smallest absolute Gasteiger partial charge is 0.104 e. The maximum Gasteiger partial charge on any atom is 0.104 e. The molecule has 4 heteroatoms. The van der Waals surface area contributed by atoms with Crippen LogP contribution in [-0.4, -0.2) is 66.9 Å². The standard InChI is InChI=1S/C20H32N2O2/c1-17(2)20(23,18-7-4-3-5-8-18)16-22-12-10-21(11-13-22)15-19-9-6-14-24-19/h3-5,7-8,17,19,23H,6,9-16H2,1-2H3/t19-,20+/m1/s1. The first-order valence-electron chi connectivity index (χ1n) is 9.42. The lowest BCUT2D eigenvalue weighted by atomic mass is 9.82. The number of ether oxygens (including phenoxy) is 1. The molecule has 2 fully saturated rings. The molecule has 0 amide bonds. The van der Waals surface area contributed by atoms with E-state index in [1.807, 2.05) is 30.3 Å². The Hall–Kier alpha value is -0.940. The number of rotatable bonds is 6. The molecule has 2 saturated heterocycles. The number of hydrogen-bond donors (Lipinski definition) is 1. The Morgan fingerprint density at radius 1 is 1.12 bits per heavy atom. The fourth-order valence-corrected chi connectivity index (χ4v) is 3.88. The summed E-state index contributed by atoms with van der Waals surface area (Å²) in [4.78, 5) is 4.93. The number of β-amino-alcohol motifs (C(OH)–C–C–N with tert-alkyl or cyclic N) is 1. The molecule has 2 heterocycles. The van der Waals surface area contributed by atoms with Crippen LogP contribution >= 0.6 is 0 Å². The van der Waals surface area contributed by atoms with E-state index in [1.165, 1.54) is 12.8 Å². The van der Waals surface area contributed by atoms with Gasteiger partial charge in [-0.3, -0.25) is 9.80 Å². The Balaban J connectivity index is 1.55. The summed E-state index contributed by atoms with van der Waals surface area (Å²) in [5, 5.41) is 11.3. The molecule has 0 saturated carbocycles. The fourth-order valence-electron chi connectivity index (χ4n) is 3.88. The molecule has 1 aromatic carbocycles. The van der Waals surface area contributed by atoms with Crippen LogP contribution in [0.5, 0.6) is 0 Å². The second-order valence-corrected chi connectivity index (χ2v) is 7.66. The van der Waals surface area contributed by atoms with Crippen molar-refractivity contribution in [1.29, 1.82) is 0 Å². The van der Waals surface area contributed by atoms with Crippen molar-refractivity contribution in [3.63, 3.8) is 0 Å². The van der Waals surface area contributed by atoms with Gasteiger partial charge in [0.2, 0.25) is 0 Å². The zero-order valence-electron chi connectivity index (χ0n) is 15.2. The van der Waals surface area contributed by atoms with Gasteiger partial charge in [-0.25, -0.2) is 0 Å². The fraction of sp³-hybridized carbons (Fsp3) is 0.700. The van der Waals surface area contributed by atoms with Gasteiger partial charge < -0.3 is 9.84 Å². The summed E-state index contributed by atoms with van der Waals surface area (Å²) < 4.78 is 5.76. The van der Waals surface area contributed by atoms with Crippen LogP contribution in [0.3, 0.4) is 0 Å². The minimum atomic E-state index is -0.780. The molecule has 0 aromatic heterocycles. The van der Waals surface area contributed by atoms with E-state index >= 15 is 0 Å². The first kappa shape index (κ1) is 17.9. The Bertz CT molecular complexity index is 494. The highest BCUT2D eigenvalue weighted by atomic mass is 16.5. The van der Waals surface area contributed by atoms with Gasteiger partial charge >= 0.3 is 0 Å². The lowest BCUT2D eigenvalue weighted by Crippen LogP contribution is -2.53. The zero-order valence-corrected chi connectivity index (χ0v) is 15.2. The Kier molecular flexibility index (Phi) is 5.93. The molecule has 0 radical (unpaired) electrons. The average Bonchev–Trinajstić information content (AvgIpc) is 3.10. The van der Waals surface area contributed by atoms with Crippen LogP contribution in [0.15, 0.2) is 30.3 Å². The lowest BCUT2D eigenvalue weighted by molar-refractivity contribution is -0.0513. The number of hydrogen-bond acceptors (Lipinski definition) is 4. The molecular formula is C20H32N2O2. The van der Waals surface area contributed by atoms with Crippen LogP contribution in [0.1, 0.15) is 32.3 Å². The largest absolute Gasteiger partial charge is 0.384 e. The first-order chi connectivity index (χ1) is 11.6. The van der Waals surface area contributed by atoms with E-state index in [2.05, 4.69) is 23.6 Å². The molecule has 1 aromatic rings. The summed E-state index contributed by atoms with van der Waals surface area (Å²) in [7, 11) is 0. The third-order valence-electron chi connectivity index (χ3n) is 5.64. The van der Waals surface area contributed by atoms with Crippen LogP contribution in [0.2, 0.25) is 0 Å². The summed E-state index contributed by atoms with van der Waals surface area (Å²) in [6.45, 7) is 11.1. The van der Waals surface area contributed by atoms with Gasteiger partial charge in [-0.05, 0) is 24.3 Å². The highest BCUT2D eigenvalue weighted by Gasteiger charge is 2.36. The molecule has 2 aliphatic heterocycles. The van der Waals surface area contributed by atoms with Crippen LogP contribution in [0, 0.1) is 5.92 Å². The third-order valence-corrected chi connectivity index (χ3v) is 5.64. The maximum absolute atomic E-state index is 11.3. The molecule has 2 aliphatic rings. The molecule has 0 bridgehead atoms. The minimum Gasteiger partial charge on any atom is -0.384 e. The van der Waals surface area contributed by atoms with E-state index in [0.717, 1.165) is 44.9 Å². The van der Waals surface area contributed by atoms with Crippen LogP contribution in [0.25, 0.3) is 0 Å². The van der Waals surface area contributed by atoms with Gasteiger partial charge in [0.15, 0.2) is 0 Å². The lowest BCUT2D eigenvalue weighted by Gasteiger charge is -2.42. The van der Waals surface area contributed by atoms with Crippen molar-refractivity contribution < 1.29 is 9.84 Å². The molecule has 4 nitrogen and oxygen atoms in total. The summed E-state index contributed by atoms with van der Waals surface area (Å²) in [5.74, 6) is 0.185. The molecule has 0 spiro atoms. The van der Waals surface area contributed by atoms with Crippen molar-refractivity contribution in [3.05, 3.63) is 35.9 Å². The summed E-state index contributed by atoms with van der Waals surface area (Å²) in [6.07, 6.45) is 2.86. The molecule has 1 N–H and O–H groups in total. The van der Waals surface area contributed by atoms with Gasteiger partial charge in [-0.1, -0.05) is 44.2 Å². The predicted octanol–water partition coefficient (Wildman–Crippen LogP) is 2.33. The Morgan fingerprint density at radius 2 is 1.79 bits per heavy atom. The summed E-state index contributed by atoms with van der Waals surface area (Å²) in [6, 6.07) is 10.1. The summed E-state index contributed by atoms with van der Waals surface area (Å²) in [5.41, 5.74) is 0.250. The Labute approximate surface area is 146 Å². The minimum absolute atomic E-state index is 0.185. The van der Waals surface area contributed by atoms with E-state index in [0.29, 0.717) is 12.6 Å². The van der Waals surface area contributed by atoms with Gasteiger partial charge in [0.1, 0.15) is 5.60 Å². The molecule has 134 valence electrons. The van der Waals surface area contributed by atoms with Crippen LogP contribution in [0.4, 0.5) is 0 Å². The molecule has 3 rings (SSSR count). The predicted molar refractivity (Wildman–Crippen MR) is 97.0 cm³/mol. The maximum atomic E-state index is 11.3. The molecule has 2 atom stereocenters. The second kappa shape index (κ2) is 7.96. The van der Waals surface area contributed by atoms with Gasteiger partial charge in [0, 0.05) is 45.9 Å². The second-order valence-electron chi connectivity index (χ2n) is 7.66. The molecule has 0 aliphatic carbocycles. The quantitative estimate of drug-likeness (QED) is 0.867. The number of benzene rings is 1. The average molecular weight is 332 g/mol. The SMILES string of the molecule is CC(C)[C@@](O)(CN1CCN(C[C@H]2CCCO2)CC1)c1ccccc1. The van der Waals surface area contributed by atoms with Crippen molar-refractivity contribution in [2.24, 2.45) is 5.92 Å². The van der Waals surface area contributed by atoms with Crippen LogP contribution < -0.4 is 0 Å². The topological polar surface area (TPSA) is 35.9 Å². The van der Waals surface area contributed by atoms with Crippen molar-refractivity contribution in [2.45, 2.75) is 38.4 Å². The van der Waals surface area contributed by atoms with Crippen molar-refractivity contribution in [1.82, 2.24) is 9.80 Å². The van der Waals surface area contributed by atoms with Crippen molar-refractivity contribution in [3.8, 4) is 0 Å². The highest BCUT2D eigenvalue weighted by Crippen LogP contribution is 2.31. The first-order valence-corrected chi connectivity index (χ1v) is 9.42. The van der Waals surface area contributed by atoms with Gasteiger partial charge in [-0.15, -0.1) is 0 Å². The van der Waals surface area contributed by atoms with E-state index in [-0.39, 0.29) is 5.92 Å². The number of piperazine rings is 1. The van der Waals surface area contributed by atoms with E-state index in [4.69, 9.17) is 4.74 Å². The summed E-state index contributed by atoms with van der Waals surface area (Å²) >= 11 is 0. The molecule has 24 heavy (non-hydrogen) atoms. The van der Waals surface area contributed by atoms with Gasteiger partial charge in [-0.2, -0.15) is 0 Å². The van der Waals surface area contributed by atoms with Gasteiger partial charge in [0.05, 0.1) is 6.10 Å². The number of nitrogens with zero attached hydrogens (tertiary/aromatic N) is 2. The monoisotopic (exact) mass is 332 g/mol.